The number of nitrogens with two attached hydrogens (primary N) is 1. The van der Waals surface area contributed by atoms with Crippen LogP contribution in [0.3, 0.4) is 0 Å². The van der Waals surface area contributed by atoms with E-state index in [0.29, 0.717) is 18.9 Å². The lowest BCUT2D eigenvalue weighted by Crippen LogP contribution is -2.40. The topological polar surface area (TPSA) is 55.6 Å². The standard InChI is InChI=1S/C16H24N2O2/c1-3-14(20-15-7-5-4-6-12(15)2)16(19)18-9-8-13(10-17)11-18/h4-7,13-14H,3,8-11,17H2,1-2H3/t13-,14+/m0/s1. The van der Waals surface area contributed by atoms with Gasteiger partial charge in [0.1, 0.15) is 5.75 Å². The first-order valence-electron chi connectivity index (χ1n) is 7.36. The molecule has 2 atom stereocenters. The van der Waals surface area contributed by atoms with Crippen LogP contribution in [0.4, 0.5) is 0 Å². The lowest BCUT2D eigenvalue weighted by molar-refractivity contribution is -0.137. The third-order valence-corrected chi connectivity index (χ3v) is 3.94. The molecule has 1 saturated heterocycles. The highest BCUT2D eigenvalue weighted by Gasteiger charge is 2.30. The Hall–Kier alpha value is -1.55. The van der Waals surface area contributed by atoms with Gasteiger partial charge in [-0.15, -0.1) is 0 Å². The highest BCUT2D eigenvalue weighted by atomic mass is 16.5. The second-order valence-electron chi connectivity index (χ2n) is 5.45. The Morgan fingerprint density at radius 2 is 2.25 bits per heavy atom. The van der Waals surface area contributed by atoms with E-state index in [4.69, 9.17) is 10.5 Å². The minimum atomic E-state index is -0.396. The fraction of sp³-hybridized carbons (Fsp3) is 0.562. The molecule has 1 amide bonds. The van der Waals surface area contributed by atoms with Gasteiger partial charge < -0.3 is 15.4 Å². The van der Waals surface area contributed by atoms with Crippen LogP contribution in [-0.2, 0) is 4.79 Å². The summed E-state index contributed by atoms with van der Waals surface area (Å²) in [5.41, 5.74) is 6.73. The Labute approximate surface area is 120 Å². The SMILES string of the molecule is CC[C@@H](Oc1ccccc1C)C(=O)N1CC[C@@H](CN)C1. The van der Waals surface area contributed by atoms with Crippen LogP contribution in [0.25, 0.3) is 0 Å². The first-order valence-corrected chi connectivity index (χ1v) is 7.36. The Kier molecular flexibility index (Phi) is 5.01. The molecule has 1 fully saturated rings. The van der Waals surface area contributed by atoms with Crippen molar-refractivity contribution in [2.75, 3.05) is 19.6 Å². The second-order valence-corrected chi connectivity index (χ2v) is 5.45. The second kappa shape index (κ2) is 6.75. The van der Waals surface area contributed by atoms with Crippen LogP contribution in [0.15, 0.2) is 24.3 Å². The third kappa shape index (κ3) is 3.31. The molecule has 2 rings (SSSR count). The summed E-state index contributed by atoms with van der Waals surface area (Å²) in [6.07, 6.45) is 1.28. The zero-order valence-corrected chi connectivity index (χ0v) is 12.3. The summed E-state index contributed by atoms with van der Waals surface area (Å²) in [4.78, 5) is 14.4. The van der Waals surface area contributed by atoms with Gasteiger partial charge in [0.2, 0.25) is 0 Å². The Balaban J connectivity index is 2.01. The van der Waals surface area contributed by atoms with Crippen molar-refractivity contribution in [3.63, 3.8) is 0 Å². The predicted molar refractivity (Wildman–Crippen MR) is 79.6 cm³/mol. The van der Waals surface area contributed by atoms with E-state index < -0.39 is 6.10 Å². The lowest BCUT2D eigenvalue weighted by atomic mass is 10.1. The summed E-state index contributed by atoms with van der Waals surface area (Å²) < 4.78 is 5.92. The molecule has 1 aliphatic rings. The summed E-state index contributed by atoms with van der Waals surface area (Å²) in [5, 5.41) is 0. The van der Waals surface area contributed by atoms with Gasteiger partial charge in [0.25, 0.3) is 5.91 Å². The van der Waals surface area contributed by atoms with E-state index in [-0.39, 0.29) is 5.91 Å². The van der Waals surface area contributed by atoms with Crippen LogP contribution < -0.4 is 10.5 Å². The minimum absolute atomic E-state index is 0.0895. The molecular weight excluding hydrogens is 252 g/mol. The fourth-order valence-corrected chi connectivity index (χ4v) is 2.58. The Morgan fingerprint density at radius 1 is 1.50 bits per heavy atom. The summed E-state index contributed by atoms with van der Waals surface area (Å²) in [7, 11) is 0. The summed E-state index contributed by atoms with van der Waals surface area (Å²) >= 11 is 0. The molecule has 0 spiro atoms. The van der Waals surface area contributed by atoms with Crippen molar-refractivity contribution in [2.24, 2.45) is 11.7 Å². The molecule has 1 aromatic rings. The molecule has 0 saturated carbocycles. The number of ether oxygens (including phenoxy) is 1. The number of hydrogen-bond donors (Lipinski definition) is 1. The zero-order valence-electron chi connectivity index (χ0n) is 12.3. The molecule has 0 aromatic heterocycles. The van der Waals surface area contributed by atoms with E-state index in [1.54, 1.807) is 0 Å². The number of rotatable bonds is 5. The van der Waals surface area contributed by atoms with Crippen LogP contribution in [0.2, 0.25) is 0 Å². The molecule has 0 radical (unpaired) electrons. The number of amides is 1. The van der Waals surface area contributed by atoms with Crippen LogP contribution in [0, 0.1) is 12.8 Å². The zero-order chi connectivity index (χ0) is 14.5. The van der Waals surface area contributed by atoms with Crippen molar-refractivity contribution in [3.8, 4) is 5.75 Å². The summed E-state index contributed by atoms with van der Waals surface area (Å²) in [6.45, 7) is 6.20. The number of likely N-dealkylation sites (tertiary alicyclic amines) is 1. The Morgan fingerprint density at radius 3 is 2.85 bits per heavy atom. The van der Waals surface area contributed by atoms with E-state index >= 15 is 0 Å². The van der Waals surface area contributed by atoms with Gasteiger partial charge in [-0.25, -0.2) is 0 Å². The number of benzene rings is 1. The molecule has 0 bridgehead atoms. The van der Waals surface area contributed by atoms with Gasteiger partial charge in [0.15, 0.2) is 6.10 Å². The molecule has 0 unspecified atom stereocenters. The molecule has 1 aliphatic heterocycles. The third-order valence-electron chi connectivity index (χ3n) is 3.94. The maximum atomic E-state index is 12.5. The average molecular weight is 276 g/mol. The quantitative estimate of drug-likeness (QED) is 0.894. The van der Waals surface area contributed by atoms with Gasteiger partial charge in [0, 0.05) is 13.1 Å². The van der Waals surface area contributed by atoms with E-state index in [9.17, 15) is 4.79 Å². The number of carbonyl (C=O) groups excluding carboxylic acids is 1. The molecule has 4 heteroatoms. The first-order chi connectivity index (χ1) is 9.65. The molecule has 0 aliphatic carbocycles. The normalized spacial score (nSPS) is 19.9. The highest BCUT2D eigenvalue weighted by Crippen LogP contribution is 2.22. The van der Waals surface area contributed by atoms with Crippen molar-refractivity contribution in [3.05, 3.63) is 29.8 Å². The lowest BCUT2D eigenvalue weighted by Gasteiger charge is -2.24. The fourth-order valence-electron chi connectivity index (χ4n) is 2.58. The molecule has 110 valence electrons. The summed E-state index contributed by atoms with van der Waals surface area (Å²) in [6, 6.07) is 7.81. The van der Waals surface area contributed by atoms with Crippen LogP contribution in [-0.4, -0.2) is 36.5 Å². The van der Waals surface area contributed by atoms with E-state index in [1.165, 1.54) is 0 Å². The number of para-hydroxylation sites is 1. The van der Waals surface area contributed by atoms with E-state index in [2.05, 4.69) is 0 Å². The Bertz CT molecular complexity index is 462. The summed E-state index contributed by atoms with van der Waals surface area (Å²) in [5.74, 6) is 1.32. The number of carbonyl (C=O) groups is 1. The van der Waals surface area contributed by atoms with Crippen molar-refractivity contribution in [1.82, 2.24) is 4.90 Å². The largest absolute Gasteiger partial charge is 0.480 e. The highest BCUT2D eigenvalue weighted by molar-refractivity contribution is 5.81. The van der Waals surface area contributed by atoms with Crippen LogP contribution in [0.1, 0.15) is 25.3 Å². The van der Waals surface area contributed by atoms with Gasteiger partial charge in [-0.2, -0.15) is 0 Å². The van der Waals surface area contributed by atoms with Gasteiger partial charge >= 0.3 is 0 Å². The number of aryl methyl sites for hydroxylation is 1. The van der Waals surface area contributed by atoms with Gasteiger partial charge in [-0.3, -0.25) is 4.79 Å². The molecule has 20 heavy (non-hydrogen) atoms. The molecular formula is C16H24N2O2. The number of nitrogens with zero attached hydrogens (tertiary/aromatic N) is 1. The average Bonchev–Trinajstić information content (AvgIpc) is 2.94. The number of hydrogen-bond acceptors (Lipinski definition) is 3. The smallest absolute Gasteiger partial charge is 0.263 e. The molecule has 1 heterocycles. The van der Waals surface area contributed by atoms with Gasteiger partial charge in [-0.05, 0) is 43.9 Å². The molecule has 2 N–H and O–H groups in total. The van der Waals surface area contributed by atoms with Crippen LogP contribution >= 0.6 is 0 Å². The first kappa shape index (κ1) is 14.9. The maximum absolute atomic E-state index is 12.5. The predicted octanol–water partition coefficient (Wildman–Crippen LogP) is 1.96. The van der Waals surface area contributed by atoms with Crippen molar-refractivity contribution in [1.29, 1.82) is 0 Å². The van der Waals surface area contributed by atoms with E-state index in [0.717, 1.165) is 30.8 Å². The minimum Gasteiger partial charge on any atom is -0.480 e. The van der Waals surface area contributed by atoms with Crippen molar-refractivity contribution in [2.45, 2.75) is 32.8 Å². The van der Waals surface area contributed by atoms with Crippen molar-refractivity contribution >= 4 is 5.91 Å². The maximum Gasteiger partial charge on any atom is 0.263 e. The van der Waals surface area contributed by atoms with Crippen LogP contribution in [0.5, 0.6) is 5.75 Å². The van der Waals surface area contributed by atoms with Crippen molar-refractivity contribution < 1.29 is 9.53 Å². The molecule has 4 nitrogen and oxygen atoms in total. The van der Waals surface area contributed by atoms with Gasteiger partial charge in [-0.1, -0.05) is 25.1 Å². The van der Waals surface area contributed by atoms with E-state index in [1.807, 2.05) is 43.0 Å². The molecule has 1 aromatic carbocycles. The monoisotopic (exact) mass is 276 g/mol. The van der Waals surface area contributed by atoms with Gasteiger partial charge in [0.05, 0.1) is 0 Å².